The molecule has 3 aromatic rings. The van der Waals surface area contributed by atoms with Crippen LogP contribution in [0.4, 0.5) is 0 Å². The Balaban J connectivity index is 1.59. The Hall–Kier alpha value is -2.16. The summed E-state index contributed by atoms with van der Waals surface area (Å²) in [4.78, 5) is 46.4. The highest BCUT2D eigenvalue weighted by molar-refractivity contribution is 7.99. The van der Waals surface area contributed by atoms with E-state index in [1.165, 1.54) is 21.5 Å². The fraction of sp³-hybridized carbons (Fsp3) is 0.391. The minimum atomic E-state index is -0.242. The third-order valence-electron chi connectivity index (χ3n) is 6.08. The van der Waals surface area contributed by atoms with Gasteiger partial charge < -0.3 is 0 Å². The number of rotatable bonds is 4. The fourth-order valence-electron chi connectivity index (χ4n) is 4.40. The molecule has 0 bridgehead atoms. The lowest BCUT2D eigenvalue weighted by Gasteiger charge is -2.18. The first-order valence-corrected chi connectivity index (χ1v) is 12.9. The highest BCUT2D eigenvalue weighted by atomic mass is 35.5. The van der Waals surface area contributed by atoms with E-state index in [9.17, 15) is 14.4 Å². The molecule has 166 valence electrons. The van der Waals surface area contributed by atoms with Crippen LogP contribution in [0, 0.1) is 5.92 Å². The van der Waals surface area contributed by atoms with Crippen molar-refractivity contribution in [3.8, 4) is 5.69 Å². The maximum Gasteiger partial charge on any atom is 0.267 e. The monoisotopic (exact) mass is 487 g/mol. The van der Waals surface area contributed by atoms with Gasteiger partial charge >= 0.3 is 0 Å². The second kappa shape index (κ2) is 8.65. The molecule has 1 aliphatic carbocycles. The van der Waals surface area contributed by atoms with E-state index in [1.807, 2.05) is 0 Å². The predicted octanol–water partition coefficient (Wildman–Crippen LogP) is 4.47. The second-order valence-electron chi connectivity index (χ2n) is 8.37. The zero-order valence-electron chi connectivity index (χ0n) is 17.6. The summed E-state index contributed by atoms with van der Waals surface area (Å²) in [6.07, 6.45) is 4.03. The van der Waals surface area contributed by atoms with Crippen LogP contribution in [-0.4, -0.2) is 38.6 Å². The van der Waals surface area contributed by atoms with Crippen LogP contribution in [-0.2, 0) is 22.4 Å². The molecule has 9 heteroatoms. The first-order valence-electron chi connectivity index (χ1n) is 10.7. The number of imide groups is 1. The number of hydrogen-bond donors (Lipinski definition) is 0. The maximum absolute atomic E-state index is 13.7. The summed E-state index contributed by atoms with van der Waals surface area (Å²) < 4.78 is 1.58. The van der Waals surface area contributed by atoms with Gasteiger partial charge in [0.25, 0.3) is 5.56 Å². The lowest BCUT2D eigenvalue weighted by molar-refractivity contribution is -0.140. The Morgan fingerprint density at radius 3 is 2.75 bits per heavy atom. The van der Waals surface area contributed by atoms with Crippen molar-refractivity contribution in [2.24, 2.45) is 5.92 Å². The molecule has 2 aromatic heterocycles. The number of carbonyl (C=O) groups excluding carboxylic acids is 2. The molecule has 2 amide bonds. The number of aromatic nitrogens is 2. The standard InChI is InChI=1S/C23H22ClN3O3S2/c1-13-4-9-16-17(11-13)32-21-20(16)22(30)27(15-7-5-14(24)6-8-15)23(25-21)31-12-19(29)26-10-2-3-18(26)28/h5-8,13H,2-4,9-12H2,1H3. The molecule has 1 fully saturated rings. The number of aryl methyl sites for hydroxylation is 1. The van der Waals surface area contributed by atoms with Crippen LogP contribution in [0.5, 0.6) is 0 Å². The van der Waals surface area contributed by atoms with E-state index in [-0.39, 0.29) is 23.1 Å². The summed E-state index contributed by atoms with van der Waals surface area (Å²) in [7, 11) is 0. The molecule has 2 aliphatic rings. The Morgan fingerprint density at radius 1 is 1.25 bits per heavy atom. The Kier molecular flexibility index (Phi) is 5.86. The van der Waals surface area contributed by atoms with Crippen molar-refractivity contribution in [2.75, 3.05) is 12.3 Å². The number of thiophene rings is 1. The number of likely N-dealkylation sites (tertiary alicyclic amines) is 1. The number of fused-ring (bicyclic) bond motifs is 3. The molecule has 0 radical (unpaired) electrons. The van der Waals surface area contributed by atoms with Gasteiger partial charge in [-0.2, -0.15) is 0 Å². The topological polar surface area (TPSA) is 72.3 Å². The van der Waals surface area contributed by atoms with Gasteiger partial charge in [0, 0.05) is 22.9 Å². The highest BCUT2D eigenvalue weighted by Crippen LogP contribution is 2.37. The number of hydrogen-bond acceptors (Lipinski definition) is 6. The molecule has 1 aromatic carbocycles. The van der Waals surface area contributed by atoms with Crippen molar-refractivity contribution in [1.82, 2.24) is 14.5 Å². The van der Waals surface area contributed by atoms with Gasteiger partial charge in [-0.05, 0) is 61.4 Å². The molecule has 1 aliphatic heterocycles. The summed E-state index contributed by atoms with van der Waals surface area (Å²) in [5.74, 6) is 0.279. The summed E-state index contributed by atoms with van der Waals surface area (Å²) in [5, 5.41) is 1.73. The van der Waals surface area contributed by atoms with Crippen LogP contribution >= 0.6 is 34.7 Å². The smallest absolute Gasteiger partial charge is 0.267 e. The quantitative estimate of drug-likeness (QED) is 0.401. The van der Waals surface area contributed by atoms with Crippen LogP contribution in [0.15, 0.2) is 34.2 Å². The number of benzene rings is 1. The van der Waals surface area contributed by atoms with Crippen LogP contribution in [0.1, 0.15) is 36.6 Å². The molecular weight excluding hydrogens is 466 g/mol. The van der Waals surface area contributed by atoms with E-state index in [2.05, 4.69) is 6.92 Å². The molecule has 32 heavy (non-hydrogen) atoms. The molecule has 1 saturated heterocycles. The molecule has 0 N–H and O–H groups in total. The third-order valence-corrected chi connectivity index (χ3v) is 8.41. The molecule has 5 rings (SSSR count). The molecule has 6 nitrogen and oxygen atoms in total. The average molecular weight is 488 g/mol. The first-order chi connectivity index (χ1) is 15.4. The van der Waals surface area contributed by atoms with Gasteiger partial charge in [-0.1, -0.05) is 30.3 Å². The van der Waals surface area contributed by atoms with Crippen molar-refractivity contribution < 1.29 is 9.59 Å². The maximum atomic E-state index is 13.7. The number of amides is 2. The first kappa shape index (κ1) is 21.7. The molecular formula is C23H22ClN3O3S2. The van der Waals surface area contributed by atoms with Gasteiger partial charge in [0.15, 0.2) is 5.16 Å². The zero-order valence-corrected chi connectivity index (χ0v) is 20.0. The number of halogens is 1. The van der Waals surface area contributed by atoms with Crippen molar-refractivity contribution in [3.63, 3.8) is 0 Å². The average Bonchev–Trinajstić information content (AvgIpc) is 3.35. The minimum absolute atomic E-state index is 0.0550. The second-order valence-corrected chi connectivity index (χ2v) is 10.8. The molecule has 1 unspecified atom stereocenters. The van der Waals surface area contributed by atoms with Gasteiger partial charge in [-0.15, -0.1) is 11.3 Å². The van der Waals surface area contributed by atoms with Gasteiger partial charge in [-0.3, -0.25) is 23.9 Å². The largest absolute Gasteiger partial charge is 0.282 e. The fourth-order valence-corrected chi connectivity index (χ4v) is 6.84. The molecule has 1 atom stereocenters. The molecule has 0 saturated carbocycles. The highest BCUT2D eigenvalue weighted by Gasteiger charge is 2.28. The lowest BCUT2D eigenvalue weighted by Crippen LogP contribution is -2.33. The van der Waals surface area contributed by atoms with Crippen molar-refractivity contribution in [3.05, 3.63) is 50.1 Å². The van der Waals surface area contributed by atoms with E-state index in [1.54, 1.807) is 40.2 Å². The SMILES string of the molecule is CC1CCc2c(sc3nc(SCC(=O)N4CCCC4=O)n(-c4ccc(Cl)cc4)c(=O)c23)C1. The minimum Gasteiger partial charge on any atom is -0.282 e. The third kappa shape index (κ3) is 3.89. The van der Waals surface area contributed by atoms with Crippen molar-refractivity contribution >= 4 is 56.7 Å². The normalized spacial score (nSPS) is 18.4. The van der Waals surface area contributed by atoms with E-state index in [4.69, 9.17) is 16.6 Å². The van der Waals surface area contributed by atoms with Crippen molar-refractivity contribution in [2.45, 2.75) is 44.2 Å². The predicted molar refractivity (Wildman–Crippen MR) is 128 cm³/mol. The zero-order chi connectivity index (χ0) is 22.4. The van der Waals surface area contributed by atoms with Crippen LogP contribution in [0.2, 0.25) is 5.02 Å². The van der Waals surface area contributed by atoms with E-state index < -0.39 is 0 Å². The van der Waals surface area contributed by atoms with E-state index in [0.29, 0.717) is 46.6 Å². The summed E-state index contributed by atoms with van der Waals surface area (Å²) in [5.41, 5.74) is 1.67. The van der Waals surface area contributed by atoms with Gasteiger partial charge in [0.2, 0.25) is 11.8 Å². The van der Waals surface area contributed by atoms with Crippen LogP contribution in [0.3, 0.4) is 0 Å². The van der Waals surface area contributed by atoms with E-state index in [0.717, 1.165) is 29.7 Å². The summed E-state index contributed by atoms with van der Waals surface area (Å²) in [6, 6.07) is 7.05. The summed E-state index contributed by atoms with van der Waals surface area (Å²) in [6.45, 7) is 2.70. The number of carbonyl (C=O) groups is 2. The Bertz CT molecular complexity index is 1280. The molecule has 0 spiro atoms. The number of thioether (sulfide) groups is 1. The van der Waals surface area contributed by atoms with Crippen LogP contribution < -0.4 is 5.56 Å². The summed E-state index contributed by atoms with van der Waals surface area (Å²) >= 11 is 8.86. The van der Waals surface area contributed by atoms with Gasteiger partial charge in [0.05, 0.1) is 16.8 Å². The molecule has 3 heterocycles. The van der Waals surface area contributed by atoms with E-state index >= 15 is 0 Å². The van der Waals surface area contributed by atoms with Gasteiger partial charge in [0.1, 0.15) is 4.83 Å². The van der Waals surface area contributed by atoms with Gasteiger partial charge in [-0.25, -0.2) is 4.98 Å². The Labute approximate surface area is 198 Å². The number of nitrogens with zero attached hydrogens (tertiary/aromatic N) is 3. The van der Waals surface area contributed by atoms with Crippen molar-refractivity contribution in [1.29, 1.82) is 0 Å². The van der Waals surface area contributed by atoms with Crippen LogP contribution in [0.25, 0.3) is 15.9 Å². The lowest BCUT2D eigenvalue weighted by atomic mass is 9.89. The Morgan fingerprint density at radius 2 is 2.03 bits per heavy atom.